The molecule has 0 aromatic heterocycles. The molecule has 1 unspecified atom stereocenters. The third-order valence-electron chi connectivity index (χ3n) is 4.22. The van der Waals surface area contributed by atoms with Gasteiger partial charge in [-0.25, -0.2) is 0 Å². The lowest BCUT2D eigenvalue weighted by molar-refractivity contribution is 0.995. The molecule has 0 aliphatic heterocycles. The monoisotopic (exact) mass is 272 g/mol. The van der Waals surface area contributed by atoms with E-state index in [2.05, 4.69) is 87.2 Å². The molecule has 0 fully saturated rings. The van der Waals surface area contributed by atoms with Gasteiger partial charge in [0.2, 0.25) is 0 Å². The number of hydrogen-bond acceptors (Lipinski definition) is 0. The van der Waals surface area contributed by atoms with Crippen molar-refractivity contribution in [1.29, 1.82) is 0 Å². The average molecular weight is 272 g/mol. The summed E-state index contributed by atoms with van der Waals surface area (Å²) in [7, 11) is 0. The standard InChI is InChI=1S/C21H20/c1-15-8-10-18(11-9-15)16(2)17(3)20-13-12-19-6-4-5-7-21(19)14-20/h4-14,17H,2H2,1,3H3. The van der Waals surface area contributed by atoms with E-state index in [1.807, 2.05) is 0 Å². The summed E-state index contributed by atoms with van der Waals surface area (Å²) in [4.78, 5) is 0. The van der Waals surface area contributed by atoms with Crippen molar-refractivity contribution in [3.63, 3.8) is 0 Å². The Morgan fingerprint density at radius 1 is 0.857 bits per heavy atom. The van der Waals surface area contributed by atoms with Crippen molar-refractivity contribution in [2.45, 2.75) is 19.8 Å². The predicted molar refractivity (Wildman–Crippen MR) is 92.6 cm³/mol. The van der Waals surface area contributed by atoms with E-state index < -0.39 is 0 Å². The zero-order valence-corrected chi connectivity index (χ0v) is 12.6. The maximum absolute atomic E-state index is 4.31. The van der Waals surface area contributed by atoms with Gasteiger partial charge in [-0.15, -0.1) is 0 Å². The van der Waals surface area contributed by atoms with Crippen LogP contribution in [0.2, 0.25) is 0 Å². The summed E-state index contributed by atoms with van der Waals surface area (Å²) >= 11 is 0. The van der Waals surface area contributed by atoms with Gasteiger partial charge in [0, 0.05) is 5.92 Å². The lowest BCUT2D eigenvalue weighted by Gasteiger charge is -2.16. The van der Waals surface area contributed by atoms with Gasteiger partial charge in [0.05, 0.1) is 0 Å². The number of allylic oxidation sites excluding steroid dienone is 1. The predicted octanol–water partition coefficient (Wildman–Crippen LogP) is 5.97. The van der Waals surface area contributed by atoms with Gasteiger partial charge in [0.1, 0.15) is 0 Å². The number of aryl methyl sites for hydroxylation is 1. The van der Waals surface area contributed by atoms with Crippen molar-refractivity contribution in [2.24, 2.45) is 0 Å². The summed E-state index contributed by atoms with van der Waals surface area (Å²) in [6, 6.07) is 23.8. The Labute approximate surface area is 126 Å². The third-order valence-corrected chi connectivity index (χ3v) is 4.22. The smallest absolute Gasteiger partial charge is 0.00612 e. The Kier molecular flexibility index (Phi) is 3.62. The number of hydrogen-bond donors (Lipinski definition) is 0. The molecule has 3 rings (SSSR count). The van der Waals surface area contributed by atoms with Gasteiger partial charge >= 0.3 is 0 Å². The second-order valence-corrected chi connectivity index (χ2v) is 5.72. The van der Waals surface area contributed by atoms with Gasteiger partial charge < -0.3 is 0 Å². The quantitative estimate of drug-likeness (QED) is 0.551. The fourth-order valence-electron chi connectivity index (χ4n) is 2.70. The maximum Gasteiger partial charge on any atom is 0.00612 e. The second kappa shape index (κ2) is 5.57. The molecule has 3 aromatic carbocycles. The highest BCUT2D eigenvalue weighted by atomic mass is 14.2. The Hall–Kier alpha value is -2.34. The molecule has 21 heavy (non-hydrogen) atoms. The van der Waals surface area contributed by atoms with Gasteiger partial charge in [0.25, 0.3) is 0 Å². The van der Waals surface area contributed by atoms with Crippen molar-refractivity contribution in [3.8, 4) is 0 Å². The van der Waals surface area contributed by atoms with Crippen LogP contribution >= 0.6 is 0 Å². The largest absolute Gasteiger partial charge is 0.0946 e. The van der Waals surface area contributed by atoms with E-state index in [4.69, 9.17) is 0 Å². The van der Waals surface area contributed by atoms with E-state index in [-0.39, 0.29) is 0 Å². The second-order valence-electron chi connectivity index (χ2n) is 5.72. The van der Waals surface area contributed by atoms with Crippen LogP contribution in [0.15, 0.2) is 73.3 Å². The van der Waals surface area contributed by atoms with Crippen molar-refractivity contribution < 1.29 is 0 Å². The molecule has 0 saturated carbocycles. The normalized spacial score (nSPS) is 12.3. The molecule has 1 atom stereocenters. The molecule has 0 heterocycles. The van der Waals surface area contributed by atoms with Crippen molar-refractivity contribution in [2.75, 3.05) is 0 Å². The molecule has 0 N–H and O–H groups in total. The summed E-state index contributed by atoms with van der Waals surface area (Å²) in [5.74, 6) is 0.317. The van der Waals surface area contributed by atoms with Crippen LogP contribution in [0.3, 0.4) is 0 Å². The van der Waals surface area contributed by atoms with Crippen LogP contribution in [-0.4, -0.2) is 0 Å². The molecule has 0 aliphatic carbocycles. The molecule has 0 saturated heterocycles. The van der Waals surface area contributed by atoms with Gasteiger partial charge in [-0.1, -0.05) is 85.8 Å². The maximum atomic E-state index is 4.31. The molecular formula is C21H20. The van der Waals surface area contributed by atoms with Crippen LogP contribution in [0.25, 0.3) is 16.3 Å². The molecule has 0 amide bonds. The average Bonchev–Trinajstić information content (AvgIpc) is 2.54. The van der Waals surface area contributed by atoms with Crippen LogP contribution in [0.4, 0.5) is 0 Å². The summed E-state index contributed by atoms with van der Waals surface area (Å²) in [6.45, 7) is 8.65. The first-order valence-electron chi connectivity index (χ1n) is 7.40. The molecule has 104 valence electrons. The van der Waals surface area contributed by atoms with Crippen LogP contribution in [0.1, 0.15) is 29.5 Å². The van der Waals surface area contributed by atoms with Crippen LogP contribution in [-0.2, 0) is 0 Å². The van der Waals surface area contributed by atoms with E-state index in [9.17, 15) is 0 Å². The first-order valence-corrected chi connectivity index (χ1v) is 7.40. The Balaban J connectivity index is 1.93. The van der Waals surface area contributed by atoms with Crippen molar-refractivity contribution in [1.82, 2.24) is 0 Å². The third kappa shape index (κ3) is 2.75. The Bertz CT molecular complexity index is 779. The highest BCUT2D eigenvalue weighted by Gasteiger charge is 2.11. The lowest BCUT2D eigenvalue weighted by Crippen LogP contribution is -1.97. The first-order chi connectivity index (χ1) is 10.1. The Morgan fingerprint density at radius 2 is 1.52 bits per heavy atom. The molecular weight excluding hydrogens is 252 g/mol. The topological polar surface area (TPSA) is 0 Å². The first kappa shape index (κ1) is 13.6. The number of fused-ring (bicyclic) bond motifs is 1. The lowest BCUT2D eigenvalue weighted by atomic mass is 9.88. The number of benzene rings is 3. The minimum atomic E-state index is 0.317. The van der Waals surface area contributed by atoms with Crippen molar-refractivity contribution >= 4 is 16.3 Å². The minimum absolute atomic E-state index is 0.317. The fourth-order valence-corrected chi connectivity index (χ4v) is 2.70. The highest BCUT2D eigenvalue weighted by Crippen LogP contribution is 2.32. The van der Waals surface area contributed by atoms with Gasteiger partial charge in [0.15, 0.2) is 0 Å². The summed E-state index contributed by atoms with van der Waals surface area (Å²) in [5.41, 5.74) is 5.00. The molecule has 0 spiro atoms. The zero-order valence-electron chi connectivity index (χ0n) is 12.6. The molecule has 0 radical (unpaired) electrons. The van der Waals surface area contributed by atoms with E-state index in [1.165, 1.54) is 33.0 Å². The molecule has 0 aliphatic rings. The van der Waals surface area contributed by atoms with Gasteiger partial charge in [-0.2, -0.15) is 0 Å². The number of rotatable bonds is 3. The van der Waals surface area contributed by atoms with Gasteiger partial charge in [-0.3, -0.25) is 0 Å². The summed E-state index contributed by atoms with van der Waals surface area (Å²) in [5, 5.41) is 2.58. The Morgan fingerprint density at radius 3 is 2.24 bits per heavy atom. The van der Waals surface area contributed by atoms with Crippen LogP contribution in [0.5, 0.6) is 0 Å². The van der Waals surface area contributed by atoms with Crippen LogP contribution in [0, 0.1) is 6.92 Å². The van der Waals surface area contributed by atoms with E-state index in [0.717, 1.165) is 0 Å². The van der Waals surface area contributed by atoms with E-state index >= 15 is 0 Å². The SMILES string of the molecule is C=C(c1ccc(C)cc1)C(C)c1ccc2ccccc2c1. The van der Waals surface area contributed by atoms with E-state index in [1.54, 1.807) is 0 Å². The van der Waals surface area contributed by atoms with E-state index in [0.29, 0.717) is 5.92 Å². The highest BCUT2D eigenvalue weighted by molar-refractivity contribution is 5.84. The molecule has 0 bridgehead atoms. The summed E-state index contributed by atoms with van der Waals surface area (Å²) in [6.07, 6.45) is 0. The summed E-state index contributed by atoms with van der Waals surface area (Å²) < 4.78 is 0. The van der Waals surface area contributed by atoms with Crippen molar-refractivity contribution in [3.05, 3.63) is 90.0 Å². The molecule has 3 aromatic rings. The molecule has 0 nitrogen and oxygen atoms in total. The minimum Gasteiger partial charge on any atom is -0.0946 e. The molecule has 0 heteroatoms. The van der Waals surface area contributed by atoms with Crippen LogP contribution < -0.4 is 0 Å². The fraction of sp³-hybridized carbons (Fsp3) is 0.143. The zero-order chi connectivity index (χ0) is 14.8. The van der Waals surface area contributed by atoms with Gasteiger partial charge in [-0.05, 0) is 34.4 Å².